The molecule has 0 aliphatic heterocycles. The summed E-state index contributed by atoms with van der Waals surface area (Å²) in [7, 11) is 0.241. The molecule has 2 rings (SSSR count). The van der Waals surface area contributed by atoms with Crippen LogP contribution in [0.15, 0.2) is 36.5 Å². The van der Waals surface area contributed by atoms with Crippen molar-refractivity contribution in [1.82, 2.24) is 0 Å². The predicted molar refractivity (Wildman–Crippen MR) is 96.2 cm³/mol. The van der Waals surface area contributed by atoms with Crippen LogP contribution in [0.25, 0.3) is 0 Å². The summed E-state index contributed by atoms with van der Waals surface area (Å²) in [5.41, 5.74) is 0. The summed E-state index contributed by atoms with van der Waals surface area (Å²) in [4.78, 5) is 0. The topological polar surface area (TPSA) is 0 Å². The van der Waals surface area contributed by atoms with Gasteiger partial charge in [0.15, 0.2) is 0 Å². The van der Waals surface area contributed by atoms with Crippen molar-refractivity contribution in [2.24, 2.45) is 0 Å². The van der Waals surface area contributed by atoms with Gasteiger partial charge >= 0.3 is 21.7 Å². The van der Waals surface area contributed by atoms with Crippen molar-refractivity contribution >= 4 is 17.6 Å². The minimum atomic E-state index is 0. The van der Waals surface area contributed by atoms with E-state index in [-0.39, 0.29) is 46.7 Å². The van der Waals surface area contributed by atoms with Crippen LogP contribution >= 0.6 is 0 Å². The van der Waals surface area contributed by atoms with Gasteiger partial charge in [0.25, 0.3) is 0 Å². The Kier molecular flexibility index (Phi) is 34.2. The summed E-state index contributed by atoms with van der Waals surface area (Å²) in [6, 6.07) is 0. The van der Waals surface area contributed by atoms with E-state index in [0.717, 1.165) is 12.8 Å². The zero-order valence-electron chi connectivity index (χ0n) is 14.4. The van der Waals surface area contributed by atoms with Gasteiger partial charge in [0.1, 0.15) is 0 Å². The Morgan fingerprint density at radius 3 is 1.00 bits per heavy atom. The normalized spacial score (nSPS) is 12.4. The fraction of sp³-hybridized carbons (Fsp3) is 0.471. The summed E-state index contributed by atoms with van der Waals surface area (Å²) in [5.74, 6) is 0. The SMILES string of the molecule is C[Si](C)C.C[Si](C)C.[C-]1=CC=CC1.[C-]1=CC=CC1.[CH3-].[Ti+3]. The molecule has 0 N–H and O–H groups in total. The van der Waals surface area contributed by atoms with Gasteiger partial charge in [-0.15, -0.1) is 12.8 Å². The van der Waals surface area contributed by atoms with Crippen LogP contribution in [0, 0.1) is 19.6 Å². The van der Waals surface area contributed by atoms with E-state index < -0.39 is 0 Å². The maximum atomic E-state index is 2.99. The van der Waals surface area contributed by atoms with Gasteiger partial charge in [0.05, 0.1) is 0 Å². The van der Waals surface area contributed by atoms with Crippen LogP contribution in [0.3, 0.4) is 0 Å². The molecule has 0 aromatic rings. The van der Waals surface area contributed by atoms with Crippen LogP contribution in [-0.2, 0) is 21.7 Å². The molecule has 0 amide bonds. The third-order valence-electron chi connectivity index (χ3n) is 1.17. The summed E-state index contributed by atoms with van der Waals surface area (Å²) in [6.45, 7) is 13.6. The summed E-state index contributed by atoms with van der Waals surface area (Å²) in [6.07, 6.45) is 20.0. The molecule has 0 saturated carbocycles. The van der Waals surface area contributed by atoms with E-state index in [4.69, 9.17) is 0 Å². The number of rotatable bonds is 0. The van der Waals surface area contributed by atoms with E-state index in [1.807, 2.05) is 24.3 Å². The molecular formula is C17H31Si2Ti. The Hall–Kier alpha value is 0.108. The molecule has 0 bridgehead atoms. The van der Waals surface area contributed by atoms with E-state index in [2.05, 4.69) is 63.6 Å². The monoisotopic (exact) mass is 339 g/mol. The number of hydrogen-bond acceptors (Lipinski definition) is 0. The van der Waals surface area contributed by atoms with Gasteiger partial charge in [-0.1, -0.05) is 39.3 Å². The first-order valence-corrected chi connectivity index (χ1v) is 12.4. The van der Waals surface area contributed by atoms with Gasteiger partial charge in [0.2, 0.25) is 0 Å². The van der Waals surface area contributed by atoms with E-state index >= 15 is 0 Å². The third kappa shape index (κ3) is 51.9. The van der Waals surface area contributed by atoms with Crippen molar-refractivity contribution in [3.63, 3.8) is 0 Å². The Labute approximate surface area is 147 Å². The van der Waals surface area contributed by atoms with Gasteiger partial charge in [-0.2, -0.15) is 12.2 Å². The average molecular weight is 339 g/mol. The largest absolute Gasteiger partial charge is 3.00 e. The second-order valence-electron chi connectivity index (χ2n) is 5.01. The summed E-state index contributed by atoms with van der Waals surface area (Å²) < 4.78 is 0. The minimum absolute atomic E-state index is 0. The van der Waals surface area contributed by atoms with Crippen LogP contribution in [0.1, 0.15) is 12.8 Å². The fourth-order valence-corrected chi connectivity index (χ4v) is 0.680. The Morgan fingerprint density at radius 2 is 0.950 bits per heavy atom. The molecule has 0 aromatic carbocycles. The molecule has 111 valence electrons. The Balaban J connectivity index is -0.0000000833. The summed E-state index contributed by atoms with van der Waals surface area (Å²) >= 11 is 0. The van der Waals surface area contributed by atoms with E-state index in [9.17, 15) is 0 Å². The molecule has 0 heterocycles. The van der Waals surface area contributed by atoms with E-state index in [1.165, 1.54) is 0 Å². The van der Waals surface area contributed by atoms with E-state index in [1.54, 1.807) is 0 Å². The van der Waals surface area contributed by atoms with Crippen molar-refractivity contribution < 1.29 is 21.7 Å². The fourth-order valence-electron chi connectivity index (χ4n) is 0.680. The van der Waals surface area contributed by atoms with Crippen LogP contribution in [-0.4, -0.2) is 17.6 Å². The van der Waals surface area contributed by atoms with Crippen molar-refractivity contribution in [3.8, 4) is 0 Å². The van der Waals surface area contributed by atoms with Crippen molar-refractivity contribution in [2.45, 2.75) is 52.1 Å². The zero-order chi connectivity index (χ0) is 14.2. The third-order valence-corrected chi connectivity index (χ3v) is 1.17. The molecule has 2 aliphatic carbocycles. The van der Waals surface area contributed by atoms with E-state index in [0.29, 0.717) is 0 Å². The molecule has 0 unspecified atom stereocenters. The molecule has 0 saturated heterocycles. The van der Waals surface area contributed by atoms with Gasteiger partial charge < -0.3 is 7.43 Å². The minimum Gasteiger partial charge on any atom is -0.358 e. The Morgan fingerprint density at radius 1 is 0.700 bits per heavy atom. The average Bonchev–Trinajstić information content (AvgIpc) is 2.96. The first-order valence-electron chi connectivity index (χ1n) is 6.43. The maximum absolute atomic E-state index is 2.99. The molecule has 0 aromatic heterocycles. The molecule has 0 nitrogen and oxygen atoms in total. The van der Waals surface area contributed by atoms with Crippen molar-refractivity contribution in [2.75, 3.05) is 0 Å². The quantitative estimate of drug-likeness (QED) is 0.386. The second-order valence-corrected chi connectivity index (χ2v) is 11.0. The zero-order valence-corrected chi connectivity index (χ0v) is 17.9. The number of allylic oxidation sites excluding steroid dienone is 8. The van der Waals surface area contributed by atoms with Crippen LogP contribution in [0.4, 0.5) is 0 Å². The van der Waals surface area contributed by atoms with Crippen LogP contribution in [0.2, 0.25) is 39.3 Å². The Bertz CT molecular complexity index is 211. The van der Waals surface area contributed by atoms with Crippen LogP contribution < -0.4 is 0 Å². The first kappa shape index (κ1) is 28.3. The van der Waals surface area contributed by atoms with Crippen molar-refractivity contribution in [1.29, 1.82) is 0 Å². The molecule has 0 fully saturated rings. The number of hydrogen-bond donors (Lipinski definition) is 0. The van der Waals surface area contributed by atoms with Gasteiger partial charge in [0, 0.05) is 17.6 Å². The molecule has 0 atom stereocenters. The standard InChI is InChI=1S/2C5H5.2C3H9Si.CH3.Ti/c2*1-2-4-5-3-1;2*1-4(2)3;;/h2*1-3H,4H2;2*1-3H3;1H3;/q2*-1;;;-1;+3. The van der Waals surface area contributed by atoms with Gasteiger partial charge in [-0.05, 0) is 0 Å². The second kappa shape index (κ2) is 24.1. The van der Waals surface area contributed by atoms with Crippen LogP contribution in [0.5, 0.6) is 0 Å². The molecule has 0 spiro atoms. The molecular weight excluding hydrogens is 308 g/mol. The van der Waals surface area contributed by atoms with Gasteiger partial charge in [-0.25, -0.2) is 24.3 Å². The van der Waals surface area contributed by atoms with Gasteiger partial charge in [-0.3, -0.25) is 12.2 Å². The van der Waals surface area contributed by atoms with Crippen molar-refractivity contribution in [3.05, 3.63) is 56.0 Å². The maximum Gasteiger partial charge on any atom is 3.00 e. The molecule has 3 heteroatoms. The molecule has 3 radical (unpaired) electrons. The molecule has 20 heavy (non-hydrogen) atoms. The summed E-state index contributed by atoms with van der Waals surface area (Å²) in [5, 5.41) is 0. The predicted octanol–water partition coefficient (Wildman–Crippen LogP) is 5.80. The smallest absolute Gasteiger partial charge is 0.358 e. The molecule has 2 aliphatic rings. The first-order chi connectivity index (χ1) is 8.46.